The normalized spacial score (nSPS) is 34.8. The molecule has 0 saturated heterocycles. The molecule has 24 heavy (non-hydrogen) atoms. The Kier molecular flexibility index (Phi) is 4.27. The Bertz CT molecular complexity index is 595. The average Bonchev–Trinajstić information content (AvgIpc) is 2.51. The Balaban J connectivity index is 1.45. The number of nitrogens with one attached hydrogen (secondary N) is 2. The summed E-state index contributed by atoms with van der Waals surface area (Å²) in [5.41, 5.74) is 1.14. The SMILES string of the molecule is CCC(NC(=S)Nc1cccc(F)c1)C12CC3CC(CC(C3)C1)C2. The molecule has 4 bridgehead atoms. The minimum Gasteiger partial charge on any atom is -0.359 e. The smallest absolute Gasteiger partial charge is 0.171 e. The highest BCUT2D eigenvalue weighted by Crippen LogP contribution is 2.61. The summed E-state index contributed by atoms with van der Waals surface area (Å²) < 4.78 is 13.3. The van der Waals surface area contributed by atoms with Crippen LogP contribution in [0.25, 0.3) is 0 Å². The third kappa shape index (κ3) is 3.05. The molecule has 0 radical (unpaired) electrons. The van der Waals surface area contributed by atoms with Crippen LogP contribution in [0.5, 0.6) is 0 Å². The molecule has 5 rings (SSSR count). The zero-order valence-corrected chi connectivity index (χ0v) is 15.2. The summed E-state index contributed by atoms with van der Waals surface area (Å²) in [6.45, 7) is 2.26. The van der Waals surface area contributed by atoms with E-state index < -0.39 is 0 Å². The summed E-state index contributed by atoms with van der Waals surface area (Å²) in [4.78, 5) is 0. The number of benzene rings is 1. The predicted octanol–water partition coefficient (Wildman–Crippen LogP) is 5.11. The van der Waals surface area contributed by atoms with Gasteiger partial charge in [0.2, 0.25) is 0 Å². The quantitative estimate of drug-likeness (QED) is 0.741. The summed E-state index contributed by atoms with van der Waals surface area (Å²) in [6.07, 6.45) is 9.58. The molecule has 4 aliphatic rings. The Morgan fingerprint density at radius 1 is 1.21 bits per heavy atom. The van der Waals surface area contributed by atoms with E-state index in [0.29, 0.717) is 22.3 Å². The molecule has 0 aliphatic heterocycles. The van der Waals surface area contributed by atoms with Crippen LogP contribution in [0.2, 0.25) is 0 Å². The van der Waals surface area contributed by atoms with E-state index >= 15 is 0 Å². The lowest BCUT2D eigenvalue weighted by molar-refractivity contribution is -0.0709. The van der Waals surface area contributed by atoms with E-state index in [9.17, 15) is 4.39 Å². The molecular formula is C20H27FN2S. The molecule has 4 heteroatoms. The fourth-order valence-corrected chi connectivity index (χ4v) is 6.44. The lowest BCUT2D eigenvalue weighted by Gasteiger charge is -2.59. The van der Waals surface area contributed by atoms with E-state index in [-0.39, 0.29) is 5.82 Å². The van der Waals surface area contributed by atoms with Crippen LogP contribution in [0.15, 0.2) is 24.3 Å². The minimum atomic E-state index is -0.240. The van der Waals surface area contributed by atoms with Gasteiger partial charge in [0, 0.05) is 11.7 Å². The number of halogens is 1. The molecule has 4 saturated carbocycles. The van der Waals surface area contributed by atoms with Gasteiger partial charge in [-0.05, 0) is 98.5 Å². The van der Waals surface area contributed by atoms with Gasteiger partial charge in [-0.15, -0.1) is 0 Å². The lowest BCUT2D eigenvalue weighted by atomic mass is 9.47. The van der Waals surface area contributed by atoms with Crippen molar-refractivity contribution in [2.45, 2.75) is 57.9 Å². The van der Waals surface area contributed by atoms with Gasteiger partial charge in [-0.1, -0.05) is 13.0 Å². The molecule has 1 aromatic rings. The molecule has 0 heterocycles. The van der Waals surface area contributed by atoms with E-state index in [1.807, 2.05) is 6.07 Å². The average molecular weight is 347 g/mol. The first-order valence-electron chi connectivity index (χ1n) is 9.39. The van der Waals surface area contributed by atoms with E-state index in [1.54, 1.807) is 6.07 Å². The number of hydrogen-bond donors (Lipinski definition) is 2. The number of anilines is 1. The molecule has 4 fully saturated rings. The van der Waals surface area contributed by atoms with Crippen LogP contribution in [0.3, 0.4) is 0 Å². The number of rotatable bonds is 4. The highest BCUT2D eigenvalue weighted by molar-refractivity contribution is 7.80. The largest absolute Gasteiger partial charge is 0.359 e. The first-order valence-corrected chi connectivity index (χ1v) is 9.80. The fraction of sp³-hybridized carbons (Fsp3) is 0.650. The monoisotopic (exact) mass is 346 g/mol. The Labute approximate surface area is 149 Å². The van der Waals surface area contributed by atoms with Crippen LogP contribution >= 0.6 is 12.2 Å². The third-order valence-electron chi connectivity index (χ3n) is 6.62. The van der Waals surface area contributed by atoms with E-state index in [2.05, 4.69) is 17.6 Å². The van der Waals surface area contributed by atoms with Crippen molar-refractivity contribution in [3.05, 3.63) is 30.1 Å². The third-order valence-corrected chi connectivity index (χ3v) is 6.84. The van der Waals surface area contributed by atoms with Crippen LogP contribution in [-0.2, 0) is 0 Å². The van der Waals surface area contributed by atoms with Gasteiger partial charge in [-0.25, -0.2) is 4.39 Å². The Morgan fingerprint density at radius 3 is 2.38 bits per heavy atom. The van der Waals surface area contributed by atoms with Crippen molar-refractivity contribution in [3.8, 4) is 0 Å². The molecule has 0 spiro atoms. The highest BCUT2D eigenvalue weighted by atomic mass is 32.1. The maximum absolute atomic E-state index is 13.3. The second-order valence-electron chi connectivity index (χ2n) is 8.35. The van der Waals surface area contributed by atoms with Gasteiger partial charge in [0.25, 0.3) is 0 Å². The van der Waals surface area contributed by atoms with Gasteiger partial charge < -0.3 is 10.6 Å². The molecular weight excluding hydrogens is 319 g/mol. The topological polar surface area (TPSA) is 24.1 Å². The van der Waals surface area contributed by atoms with Gasteiger partial charge >= 0.3 is 0 Å². The second-order valence-corrected chi connectivity index (χ2v) is 8.76. The zero-order chi connectivity index (χ0) is 16.7. The van der Waals surface area contributed by atoms with Crippen molar-refractivity contribution in [1.29, 1.82) is 0 Å². The maximum atomic E-state index is 13.3. The van der Waals surface area contributed by atoms with Crippen LogP contribution in [-0.4, -0.2) is 11.2 Å². The highest BCUT2D eigenvalue weighted by Gasteiger charge is 2.53. The molecule has 1 aromatic carbocycles. The van der Waals surface area contributed by atoms with Crippen LogP contribution < -0.4 is 10.6 Å². The van der Waals surface area contributed by atoms with Crippen molar-refractivity contribution in [1.82, 2.24) is 5.32 Å². The van der Waals surface area contributed by atoms with Gasteiger partial charge in [0.15, 0.2) is 5.11 Å². The number of hydrogen-bond acceptors (Lipinski definition) is 1. The van der Waals surface area contributed by atoms with Gasteiger partial charge in [-0.2, -0.15) is 0 Å². The second kappa shape index (κ2) is 6.29. The lowest BCUT2D eigenvalue weighted by Crippen LogP contribution is -2.57. The summed E-state index contributed by atoms with van der Waals surface area (Å²) in [5, 5.41) is 7.38. The van der Waals surface area contributed by atoms with Crippen molar-refractivity contribution in [2.75, 3.05) is 5.32 Å². The van der Waals surface area contributed by atoms with Crippen molar-refractivity contribution < 1.29 is 4.39 Å². The molecule has 2 nitrogen and oxygen atoms in total. The van der Waals surface area contributed by atoms with Crippen LogP contribution in [0.4, 0.5) is 10.1 Å². The van der Waals surface area contributed by atoms with E-state index in [0.717, 1.165) is 24.2 Å². The van der Waals surface area contributed by atoms with Crippen LogP contribution in [0, 0.1) is 29.0 Å². The van der Waals surface area contributed by atoms with Crippen LogP contribution in [0.1, 0.15) is 51.9 Å². The van der Waals surface area contributed by atoms with Crippen molar-refractivity contribution in [3.63, 3.8) is 0 Å². The zero-order valence-electron chi connectivity index (χ0n) is 14.4. The molecule has 1 unspecified atom stereocenters. The Hall–Kier alpha value is -1.16. The standard InChI is InChI=1S/C20H27FN2S/c1-2-18(23-19(24)22-17-5-3-4-16(21)9-17)20-10-13-6-14(11-20)8-15(7-13)12-20/h3-5,9,13-15,18H,2,6-8,10-12H2,1H3,(H2,22,23,24). The van der Waals surface area contributed by atoms with Crippen molar-refractivity contribution in [2.24, 2.45) is 23.2 Å². The fourth-order valence-electron chi connectivity index (χ4n) is 6.18. The van der Waals surface area contributed by atoms with Crippen molar-refractivity contribution >= 4 is 23.0 Å². The predicted molar refractivity (Wildman–Crippen MR) is 100 cm³/mol. The van der Waals surface area contributed by atoms with Gasteiger partial charge in [0.05, 0.1) is 0 Å². The van der Waals surface area contributed by atoms with E-state index in [4.69, 9.17) is 12.2 Å². The summed E-state index contributed by atoms with van der Waals surface area (Å²) in [5.74, 6) is 2.58. The molecule has 130 valence electrons. The summed E-state index contributed by atoms with van der Waals surface area (Å²) >= 11 is 5.53. The number of thiocarbonyl (C=S) groups is 1. The van der Waals surface area contributed by atoms with Gasteiger partial charge in [0.1, 0.15) is 5.82 Å². The summed E-state index contributed by atoms with van der Waals surface area (Å²) in [7, 11) is 0. The minimum absolute atomic E-state index is 0.240. The molecule has 0 amide bonds. The summed E-state index contributed by atoms with van der Waals surface area (Å²) in [6, 6.07) is 6.92. The molecule has 0 aromatic heterocycles. The molecule has 4 aliphatic carbocycles. The first-order chi connectivity index (χ1) is 11.6. The molecule has 2 N–H and O–H groups in total. The molecule has 1 atom stereocenters. The first kappa shape index (κ1) is 16.3. The van der Waals surface area contributed by atoms with Gasteiger partial charge in [-0.3, -0.25) is 0 Å². The maximum Gasteiger partial charge on any atom is 0.171 e. The Morgan fingerprint density at radius 2 is 1.83 bits per heavy atom. The van der Waals surface area contributed by atoms with E-state index in [1.165, 1.54) is 50.7 Å².